The monoisotopic (exact) mass is 409 g/mol. The van der Waals surface area contributed by atoms with Crippen molar-refractivity contribution in [2.45, 2.75) is 30.0 Å². The second kappa shape index (κ2) is 6.84. The summed E-state index contributed by atoms with van der Waals surface area (Å²) < 4.78 is 12.1. The van der Waals surface area contributed by atoms with Gasteiger partial charge in [0.25, 0.3) is 0 Å². The molecular formula is C25H19N3O3. The number of rotatable bonds is 3. The fraction of sp³-hybridized carbons (Fsp3) is 0.240. The molecule has 3 aromatic rings. The number of ether oxygens (including phenoxy) is 2. The molecule has 0 saturated heterocycles. The van der Waals surface area contributed by atoms with E-state index in [4.69, 9.17) is 9.47 Å². The van der Waals surface area contributed by atoms with E-state index in [1.54, 1.807) is 18.2 Å². The molecule has 6 heteroatoms. The van der Waals surface area contributed by atoms with E-state index in [9.17, 15) is 15.6 Å². The Morgan fingerprint density at radius 1 is 1.10 bits per heavy atom. The van der Waals surface area contributed by atoms with Crippen LogP contribution in [0.3, 0.4) is 0 Å². The van der Waals surface area contributed by atoms with Crippen molar-refractivity contribution >= 4 is 0 Å². The van der Waals surface area contributed by atoms with Crippen LogP contribution in [0.1, 0.15) is 46.7 Å². The van der Waals surface area contributed by atoms with Crippen LogP contribution in [-0.4, -0.2) is 17.2 Å². The molecule has 1 aliphatic heterocycles. The second-order valence-electron chi connectivity index (χ2n) is 7.89. The lowest BCUT2D eigenvalue weighted by Gasteiger charge is -2.40. The van der Waals surface area contributed by atoms with Crippen LogP contribution in [0, 0.1) is 22.7 Å². The molecule has 1 fully saturated rings. The van der Waals surface area contributed by atoms with E-state index in [1.807, 2.05) is 48.5 Å². The van der Waals surface area contributed by atoms with Crippen molar-refractivity contribution in [2.75, 3.05) is 7.11 Å². The molecule has 3 atom stereocenters. The zero-order chi connectivity index (χ0) is 21.6. The lowest BCUT2D eigenvalue weighted by molar-refractivity contribution is -0.106. The first-order chi connectivity index (χ1) is 15.1. The van der Waals surface area contributed by atoms with Gasteiger partial charge in [0.05, 0.1) is 24.3 Å². The van der Waals surface area contributed by atoms with Gasteiger partial charge >= 0.3 is 0 Å². The van der Waals surface area contributed by atoms with E-state index in [0.717, 1.165) is 11.1 Å². The first-order valence-corrected chi connectivity index (χ1v) is 10.0. The standard InChI is InChI=1S/C25H19N3O3/c1-30-23-22-21(13-19(15-27)28-23)31-25(18-9-7-16(14-26)8-10-18)20(11-12-24(22,25)29)17-5-3-2-4-6-17/h2-10,13,20,29H,11-12H2,1H3/t20?,24?,25-/m0/s1. The molecule has 2 aliphatic rings. The Morgan fingerprint density at radius 2 is 1.84 bits per heavy atom. The Kier molecular flexibility index (Phi) is 4.22. The summed E-state index contributed by atoms with van der Waals surface area (Å²) in [5, 5.41) is 30.9. The minimum Gasteiger partial charge on any atom is -0.481 e. The molecule has 1 aromatic heterocycles. The molecule has 1 aliphatic carbocycles. The maximum atomic E-state index is 12.2. The highest BCUT2D eigenvalue weighted by Crippen LogP contribution is 2.67. The van der Waals surface area contributed by atoms with Crippen LogP contribution >= 0.6 is 0 Å². The number of aromatic nitrogens is 1. The van der Waals surface area contributed by atoms with Gasteiger partial charge in [-0.15, -0.1) is 0 Å². The summed E-state index contributed by atoms with van der Waals surface area (Å²) in [5.74, 6) is 0.436. The van der Waals surface area contributed by atoms with Gasteiger partial charge in [-0.2, -0.15) is 10.5 Å². The van der Waals surface area contributed by atoms with Crippen molar-refractivity contribution in [3.8, 4) is 23.8 Å². The first-order valence-electron chi connectivity index (χ1n) is 10.0. The van der Waals surface area contributed by atoms with Crippen molar-refractivity contribution in [3.05, 3.63) is 88.6 Å². The van der Waals surface area contributed by atoms with Crippen LogP contribution in [-0.2, 0) is 11.2 Å². The predicted octanol–water partition coefficient (Wildman–Crippen LogP) is 3.89. The summed E-state index contributed by atoms with van der Waals surface area (Å²) in [4.78, 5) is 4.27. The summed E-state index contributed by atoms with van der Waals surface area (Å²) in [6, 6.07) is 22.8. The molecule has 31 heavy (non-hydrogen) atoms. The van der Waals surface area contributed by atoms with Gasteiger partial charge in [0.1, 0.15) is 23.1 Å². The van der Waals surface area contributed by atoms with Gasteiger partial charge < -0.3 is 14.6 Å². The van der Waals surface area contributed by atoms with Crippen LogP contribution in [0.4, 0.5) is 0 Å². The zero-order valence-electron chi connectivity index (χ0n) is 16.9. The van der Waals surface area contributed by atoms with Crippen molar-refractivity contribution < 1.29 is 14.6 Å². The lowest BCUT2D eigenvalue weighted by atomic mass is 9.72. The number of nitriles is 2. The number of pyridine rings is 1. The van der Waals surface area contributed by atoms with Gasteiger partial charge in [-0.1, -0.05) is 42.5 Å². The van der Waals surface area contributed by atoms with Gasteiger partial charge in [-0.3, -0.25) is 0 Å². The minimum absolute atomic E-state index is 0.158. The molecule has 1 saturated carbocycles. The topological polar surface area (TPSA) is 99.2 Å². The van der Waals surface area contributed by atoms with Gasteiger partial charge in [0.2, 0.25) is 5.88 Å². The number of benzene rings is 2. The van der Waals surface area contributed by atoms with Crippen LogP contribution in [0.5, 0.6) is 11.6 Å². The maximum absolute atomic E-state index is 12.2. The third-order valence-corrected chi connectivity index (χ3v) is 6.49. The molecule has 2 heterocycles. The molecule has 0 amide bonds. The highest BCUT2D eigenvalue weighted by Gasteiger charge is 2.69. The molecule has 5 rings (SSSR count). The summed E-state index contributed by atoms with van der Waals surface area (Å²) in [6.07, 6.45) is 1.12. The van der Waals surface area contributed by atoms with E-state index < -0.39 is 11.2 Å². The fourth-order valence-electron chi connectivity index (χ4n) is 5.21. The zero-order valence-corrected chi connectivity index (χ0v) is 16.9. The molecule has 0 bridgehead atoms. The molecule has 0 spiro atoms. The Bertz CT molecular complexity index is 1240. The molecule has 0 radical (unpaired) electrons. The third kappa shape index (κ3) is 2.49. The smallest absolute Gasteiger partial charge is 0.224 e. The molecule has 152 valence electrons. The molecule has 2 aromatic carbocycles. The third-order valence-electron chi connectivity index (χ3n) is 6.49. The SMILES string of the molecule is COc1nc(C#N)cc2c1C1(O)CCC(c3ccccc3)[C@]1(c1ccc(C#N)cc1)O2. The summed E-state index contributed by atoms with van der Waals surface area (Å²) in [6.45, 7) is 0. The number of hydrogen-bond donors (Lipinski definition) is 1. The van der Waals surface area contributed by atoms with Crippen LogP contribution in [0.15, 0.2) is 60.7 Å². The Hall–Kier alpha value is -3.87. The number of fused-ring (bicyclic) bond motifs is 3. The minimum atomic E-state index is -1.41. The number of nitrogens with zero attached hydrogens (tertiary/aromatic N) is 3. The molecule has 6 nitrogen and oxygen atoms in total. The average molecular weight is 409 g/mol. The van der Waals surface area contributed by atoms with E-state index >= 15 is 0 Å². The highest BCUT2D eigenvalue weighted by molar-refractivity contribution is 5.58. The number of aliphatic hydroxyl groups is 1. The molecule has 2 unspecified atom stereocenters. The van der Waals surface area contributed by atoms with Gasteiger partial charge in [0, 0.05) is 12.0 Å². The summed E-state index contributed by atoms with van der Waals surface area (Å²) in [7, 11) is 1.47. The number of methoxy groups -OCH3 is 1. The van der Waals surface area contributed by atoms with Gasteiger partial charge in [-0.25, -0.2) is 4.98 Å². The van der Waals surface area contributed by atoms with Crippen LogP contribution in [0.25, 0.3) is 0 Å². The van der Waals surface area contributed by atoms with E-state index in [2.05, 4.69) is 11.1 Å². The van der Waals surface area contributed by atoms with E-state index in [1.165, 1.54) is 7.11 Å². The Morgan fingerprint density at radius 3 is 2.48 bits per heavy atom. The van der Waals surface area contributed by atoms with E-state index in [-0.39, 0.29) is 17.5 Å². The quantitative estimate of drug-likeness (QED) is 0.705. The molecular weight excluding hydrogens is 390 g/mol. The van der Waals surface area contributed by atoms with Gasteiger partial charge in [-0.05, 0) is 36.1 Å². The predicted molar refractivity (Wildman–Crippen MR) is 111 cm³/mol. The van der Waals surface area contributed by atoms with Crippen LogP contribution < -0.4 is 9.47 Å². The van der Waals surface area contributed by atoms with Crippen molar-refractivity contribution in [2.24, 2.45) is 0 Å². The lowest BCUT2D eigenvalue weighted by Crippen LogP contribution is -2.48. The van der Waals surface area contributed by atoms with Crippen molar-refractivity contribution in [1.82, 2.24) is 4.98 Å². The Balaban J connectivity index is 1.79. The van der Waals surface area contributed by atoms with Gasteiger partial charge in [0.15, 0.2) is 5.60 Å². The molecule has 1 N–H and O–H groups in total. The normalized spacial score (nSPS) is 25.6. The van der Waals surface area contributed by atoms with Crippen LogP contribution in [0.2, 0.25) is 0 Å². The summed E-state index contributed by atoms with van der Waals surface area (Å²) in [5.41, 5.74) is 0.402. The van der Waals surface area contributed by atoms with Crippen molar-refractivity contribution in [3.63, 3.8) is 0 Å². The van der Waals surface area contributed by atoms with E-state index in [0.29, 0.717) is 29.7 Å². The average Bonchev–Trinajstić information content (AvgIpc) is 3.26. The fourth-order valence-corrected chi connectivity index (χ4v) is 5.21. The highest BCUT2D eigenvalue weighted by atomic mass is 16.5. The first kappa shape index (κ1) is 19.1. The number of hydrogen-bond acceptors (Lipinski definition) is 6. The second-order valence-corrected chi connectivity index (χ2v) is 7.89. The summed E-state index contributed by atoms with van der Waals surface area (Å²) >= 11 is 0. The largest absolute Gasteiger partial charge is 0.481 e. The maximum Gasteiger partial charge on any atom is 0.224 e. The Labute approximate surface area is 179 Å². The van der Waals surface area contributed by atoms with Crippen molar-refractivity contribution in [1.29, 1.82) is 10.5 Å².